The Morgan fingerprint density at radius 3 is 1.97 bits per heavy atom. The molecule has 0 radical (unpaired) electrons. The second-order valence-corrected chi connectivity index (χ2v) is 8.82. The minimum absolute atomic E-state index is 0.0375. The topological polar surface area (TPSA) is 104 Å². The maximum atomic E-state index is 12.1. The molecule has 0 aromatic heterocycles. The van der Waals surface area contributed by atoms with Crippen LogP contribution >= 0.6 is 0 Å². The lowest BCUT2D eigenvalue weighted by molar-refractivity contribution is -0.127. The predicted octanol–water partition coefficient (Wildman–Crippen LogP) is 2.34. The molecule has 3 amide bonds. The molecule has 0 aromatic carbocycles. The summed E-state index contributed by atoms with van der Waals surface area (Å²) in [7, 11) is 0. The fourth-order valence-electron chi connectivity index (χ4n) is 3.51. The Morgan fingerprint density at radius 2 is 1.38 bits per heavy atom. The zero-order valence-electron chi connectivity index (χ0n) is 18.5. The Morgan fingerprint density at radius 1 is 0.793 bits per heavy atom. The zero-order valence-corrected chi connectivity index (χ0v) is 18.5. The number of Topliss-reactive ketones (excluding diaryl/α,β-unsaturated/α-hetero) is 1. The highest BCUT2D eigenvalue weighted by Gasteiger charge is 2.28. The molecule has 0 atom stereocenters. The van der Waals surface area contributed by atoms with Crippen LogP contribution in [0, 0.1) is 17.8 Å². The van der Waals surface area contributed by atoms with Gasteiger partial charge in [-0.15, -0.1) is 0 Å². The van der Waals surface area contributed by atoms with Crippen LogP contribution in [0.2, 0.25) is 0 Å². The molecule has 1 aliphatic carbocycles. The number of carbonyl (C=O) groups is 4. The Labute approximate surface area is 175 Å². The molecule has 1 fully saturated rings. The van der Waals surface area contributed by atoms with E-state index in [1.54, 1.807) is 0 Å². The molecular formula is C22H39N3O4. The van der Waals surface area contributed by atoms with Gasteiger partial charge < -0.3 is 16.0 Å². The first-order valence-corrected chi connectivity index (χ1v) is 11.1. The highest BCUT2D eigenvalue weighted by molar-refractivity contribution is 5.83. The van der Waals surface area contributed by atoms with Gasteiger partial charge in [-0.25, -0.2) is 0 Å². The van der Waals surface area contributed by atoms with E-state index in [2.05, 4.69) is 16.0 Å². The quantitative estimate of drug-likeness (QED) is 0.460. The summed E-state index contributed by atoms with van der Waals surface area (Å²) < 4.78 is 0. The van der Waals surface area contributed by atoms with Crippen LogP contribution in [-0.4, -0.2) is 42.6 Å². The van der Waals surface area contributed by atoms with E-state index in [1.807, 2.05) is 27.7 Å². The normalized spacial score (nSPS) is 19.1. The molecule has 7 heteroatoms. The van der Waals surface area contributed by atoms with Crippen LogP contribution in [0.25, 0.3) is 0 Å². The molecule has 29 heavy (non-hydrogen) atoms. The van der Waals surface area contributed by atoms with Crippen LogP contribution in [0.5, 0.6) is 0 Å². The second-order valence-electron chi connectivity index (χ2n) is 8.82. The molecule has 0 spiro atoms. The van der Waals surface area contributed by atoms with Crippen molar-refractivity contribution in [2.24, 2.45) is 17.8 Å². The first-order valence-electron chi connectivity index (χ1n) is 11.1. The van der Waals surface area contributed by atoms with Crippen molar-refractivity contribution in [2.75, 3.05) is 13.1 Å². The van der Waals surface area contributed by atoms with Gasteiger partial charge in [-0.1, -0.05) is 27.7 Å². The van der Waals surface area contributed by atoms with Gasteiger partial charge in [-0.3, -0.25) is 19.2 Å². The highest BCUT2D eigenvalue weighted by atomic mass is 16.2. The summed E-state index contributed by atoms with van der Waals surface area (Å²) in [6.07, 6.45) is 4.70. The standard InChI is InChI=1S/C22H39N3O4/c1-15(2)14-24-20(27)12-13-23-19(26)6-5-7-21(28)25-18-10-8-17(9-11-18)22(29)16(3)4/h15-18H,5-14H2,1-4H3,(H,23,26)(H,24,27)(H,25,28). The fourth-order valence-corrected chi connectivity index (χ4v) is 3.51. The van der Waals surface area contributed by atoms with Gasteiger partial charge >= 0.3 is 0 Å². The minimum atomic E-state index is -0.137. The molecule has 0 unspecified atom stereocenters. The van der Waals surface area contributed by atoms with Gasteiger partial charge in [-0.05, 0) is 38.0 Å². The van der Waals surface area contributed by atoms with Crippen LogP contribution in [0.1, 0.15) is 79.1 Å². The first kappa shape index (κ1) is 25.1. The molecule has 1 aliphatic rings. The number of nitrogens with one attached hydrogen (secondary N) is 3. The van der Waals surface area contributed by atoms with E-state index in [4.69, 9.17) is 0 Å². The molecule has 1 saturated carbocycles. The molecule has 0 saturated heterocycles. The monoisotopic (exact) mass is 409 g/mol. The summed E-state index contributed by atoms with van der Waals surface area (Å²) in [5, 5.41) is 8.55. The fraction of sp³-hybridized carbons (Fsp3) is 0.818. The Balaban J connectivity index is 2.10. The van der Waals surface area contributed by atoms with E-state index in [1.165, 1.54) is 0 Å². The maximum Gasteiger partial charge on any atom is 0.221 e. The van der Waals surface area contributed by atoms with E-state index in [0.717, 1.165) is 25.7 Å². The third-order valence-electron chi connectivity index (χ3n) is 5.25. The van der Waals surface area contributed by atoms with Gasteiger partial charge in [0.25, 0.3) is 0 Å². The number of carbonyl (C=O) groups excluding carboxylic acids is 4. The number of hydrogen-bond acceptors (Lipinski definition) is 4. The summed E-state index contributed by atoms with van der Waals surface area (Å²) in [6, 6.07) is 0.136. The largest absolute Gasteiger partial charge is 0.356 e. The molecule has 0 bridgehead atoms. The van der Waals surface area contributed by atoms with E-state index >= 15 is 0 Å². The number of hydrogen-bond donors (Lipinski definition) is 3. The second kappa shape index (κ2) is 13.3. The zero-order chi connectivity index (χ0) is 21.8. The van der Waals surface area contributed by atoms with Gasteiger partial charge in [0.15, 0.2) is 0 Å². The highest BCUT2D eigenvalue weighted by Crippen LogP contribution is 2.27. The Kier molecular flexibility index (Phi) is 11.5. The molecule has 0 heterocycles. The summed E-state index contributed by atoms with van der Waals surface area (Å²) >= 11 is 0. The van der Waals surface area contributed by atoms with Crippen molar-refractivity contribution in [3.8, 4) is 0 Å². The van der Waals surface area contributed by atoms with Crippen molar-refractivity contribution in [3.05, 3.63) is 0 Å². The molecule has 1 rings (SSSR count). The SMILES string of the molecule is CC(C)CNC(=O)CCNC(=O)CCCC(=O)NC1CCC(C(=O)C(C)C)CC1. The van der Waals surface area contributed by atoms with Crippen molar-refractivity contribution in [2.45, 2.75) is 85.1 Å². The van der Waals surface area contributed by atoms with Gasteiger partial charge in [0.05, 0.1) is 0 Å². The van der Waals surface area contributed by atoms with Crippen LogP contribution < -0.4 is 16.0 Å². The van der Waals surface area contributed by atoms with Crippen LogP contribution in [-0.2, 0) is 19.2 Å². The van der Waals surface area contributed by atoms with Gasteiger partial charge in [0.2, 0.25) is 17.7 Å². The third kappa shape index (κ3) is 11.0. The smallest absolute Gasteiger partial charge is 0.221 e. The lowest BCUT2D eigenvalue weighted by Crippen LogP contribution is -2.39. The van der Waals surface area contributed by atoms with Crippen molar-refractivity contribution >= 4 is 23.5 Å². The van der Waals surface area contributed by atoms with E-state index in [9.17, 15) is 19.2 Å². The van der Waals surface area contributed by atoms with Crippen LogP contribution in [0.3, 0.4) is 0 Å². The average Bonchev–Trinajstić information content (AvgIpc) is 2.66. The summed E-state index contributed by atoms with van der Waals surface area (Å²) in [5.74, 6) is 0.705. The van der Waals surface area contributed by atoms with Crippen molar-refractivity contribution in [1.82, 2.24) is 16.0 Å². The molecule has 166 valence electrons. The number of ketones is 1. The van der Waals surface area contributed by atoms with Gasteiger partial charge in [-0.2, -0.15) is 0 Å². The summed E-state index contributed by atoms with van der Waals surface area (Å²) in [6.45, 7) is 8.88. The molecule has 3 N–H and O–H groups in total. The van der Waals surface area contributed by atoms with Crippen molar-refractivity contribution in [3.63, 3.8) is 0 Å². The average molecular weight is 410 g/mol. The number of amides is 3. The van der Waals surface area contributed by atoms with Crippen LogP contribution in [0.4, 0.5) is 0 Å². The maximum absolute atomic E-state index is 12.1. The van der Waals surface area contributed by atoms with Crippen LogP contribution in [0.15, 0.2) is 0 Å². The van der Waals surface area contributed by atoms with E-state index in [0.29, 0.717) is 37.6 Å². The van der Waals surface area contributed by atoms with E-state index < -0.39 is 0 Å². The van der Waals surface area contributed by atoms with E-state index in [-0.39, 0.29) is 48.4 Å². The molecule has 7 nitrogen and oxygen atoms in total. The molecular weight excluding hydrogens is 370 g/mol. The minimum Gasteiger partial charge on any atom is -0.356 e. The van der Waals surface area contributed by atoms with Crippen molar-refractivity contribution in [1.29, 1.82) is 0 Å². The van der Waals surface area contributed by atoms with Gasteiger partial charge in [0, 0.05) is 50.2 Å². The molecule has 0 aromatic rings. The third-order valence-corrected chi connectivity index (χ3v) is 5.25. The number of rotatable bonds is 12. The lowest BCUT2D eigenvalue weighted by atomic mass is 9.80. The predicted molar refractivity (Wildman–Crippen MR) is 113 cm³/mol. The van der Waals surface area contributed by atoms with Gasteiger partial charge in [0.1, 0.15) is 5.78 Å². The first-order chi connectivity index (χ1) is 13.7. The van der Waals surface area contributed by atoms with Crippen molar-refractivity contribution < 1.29 is 19.2 Å². The Bertz CT molecular complexity index is 552. The lowest BCUT2D eigenvalue weighted by Gasteiger charge is -2.29. The Hall–Kier alpha value is -1.92. The molecule has 0 aliphatic heterocycles. The summed E-state index contributed by atoms with van der Waals surface area (Å²) in [4.78, 5) is 47.5. The summed E-state index contributed by atoms with van der Waals surface area (Å²) in [5.41, 5.74) is 0.